The molecule has 1 heterocycles. The third kappa shape index (κ3) is 6.65. The second kappa shape index (κ2) is 10.7. The topological polar surface area (TPSA) is 83.1 Å². The van der Waals surface area contributed by atoms with Crippen LogP contribution in [0.15, 0.2) is 60.0 Å². The number of carbonyl (C=O) groups is 2. The Morgan fingerprint density at radius 3 is 2.55 bits per heavy atom. The summed E-state index contributed by atoms with van der Waals surface area (Å²) in [6, 6.07) is 16.9. The summed E-state index contributed by atoms with van der Waals surface area (Å²) in [7, 11) is 0. The third-order valence-corrected chi connectivity index (χ3v) is 5.67. The van der Waals surface area contributed by atoms with Crippen LogP contribution in [0.1, 0.15) is 41.9 Å². The Labute approximate surface area is 187 Å². The van der Waals surface area contributed by atoms with Crippen LogP contribution in [0.4, 0.5) is 10.8 Å². The number of benzene rings is 2. The number of aromatic nitrogens is 1. The molecule has 0 fully saturated rings. The minimum absolute atomic E-state index is 0.0343. The number of hydrogen-bond acceptors (Lipinski definition) is 5. The van der Waals surface area contributed by atoms with Crippen molar-refractivity contribution in [2.45, 2.75) is 45.7 Å². The molecule has 2 aromatic carbocycles. The molecule has 0 aliphatic carbocycles. The molecule has 7 heteroatoms. The SMILES string of the molecule is CCC(C)NC(=O)C(Cc1ccccc1)NC(=O)c1csc(Nc2cccc(C)c2)n1. The summed E-state index contributed by atoms with van der Waals surface area (Å²) in [5.74, 6) is -0.561. The van der Waals surface area contributed by atoms with E-state index in [-0.39, 0.29) is 23.6 Å². The van der Waals surface area contributed by atoms with Crippen LogP contribution in [0, 0.1) is 6.92 Å². The molecule has 1 aromatic heterocycles. The molecule has 0 spiro atoms. The number of nitrogens with one attached hydrogen (secondary N) is 3. The minimum Gasteiger partial charge on any atom is -0.352 e. The average molecular weight is 437 g/mol. The number of hydrogen-bond donors (Lipinski definition) is 3. The maximum Gasteiger partial charge on any atom is 0.271 e. The lowest BCUT2D eigenvalue weighted by Crippen LogP contribution is -2.50. The molecule has 162 valence electrons. The Balaban J connectivity index is 1.70. The van der Waals surface area contributed by atoms with Gasteiger partial charge in [-0.3, -0.25) is 9.59 Å². The molecule has 3 aromatic rings. The van der Waals surface area contributed by atoms with Gasteiger partial charge in [-0.25, -0.2) is 4.98 Å². The van der Waals surface area contributed by atoms with Crippen LogP contribution in [-0.2, 0) is 11.2 Å². The summed E-state index contributed by atoms with van der Waals surface area (Å²) in [5, 5.41) is 11.4. The lowest BCUT2D eigenvalue weighted by Gasteiger charge is -2.20. The average Bonchev–Trinajstić information content (AvgIpc) is 3.22. The van der Waals surface area contributed by atoms with Crippen molar-refractivity contribution >= 4 is 34.0 Å². The first-order chi connectivity index (χ1) is 14.9. The minimum atomic E-state index is -0.682. The van der Waals surface area contributed by atoms with E-state index in [4.69, 9.17) is 0 Å². The van der Waals surface area contributed by atoms with Crippen LogP contribution in [0.3, 0.4) is 0 Å². The Morgan fingerprint density at radius 2 is 1.84 bits per heavy atom. The summed E-state index contributed by atoms with van der Waals surface area (Å²) >= 11 is 1.35. The molecule has 3 N–H and O–H groups in total. The van der Waals surface area contributed by atoms with Crippen molar-refractivity contribution < 1.29 is 9.59 Å². The summed E-state index contributed by atoms with van der Waals surface area (Å²) in [4.78, 5) is 30.1. The van der Waals surface area contributed by atoms with E-state index in [0.717, 1.165) is 23.2 Å². The molecule has 2 amide bonds. The van der Waals surface area contributed by atoms with E-state index in [0.29, 0.717) is 11.6 Å². The van der Waals surface area contributed by atoms with Gasteiger partial charge < -0.3 is 16.0 Å². The fraction of sp³-hybridized carbons (Fsp3) is 0.292. The molecule has 0 aliphatic heterocycles. The van der Waals surface area contributed by atoms with E-state index in [9.17, 15) is 9.59 Å². The summed E-state index contributed by atoms with van der Waals surface area (Å²) in [5.41, 5.74) is 3.31. The van der Waals surface area contributed by atoms with E-state index in [2.05, 4.69) is 20.9 Å². The molecule has 31 heavy (non-hydrogen) atoms. The highest BCUT2D eigenvalue weighted by atomic mass is 32.1. The Hall–Kier alpha value is -3.19. The number of anilines is 2. The first kappa shape index (κ1) is 22.5. The number of amides is 2. The van der Waals surface area contributed by atoms with Gasteiger partial charge >= 0.3 is 0 Å². The van der Waals surface area contributed by atoms with Crippen molar-refractivity contribution in [2.24, 2.45) is 0 Å². The first-order valence-corrected chi connectivity index (χ1v) is 11.3. The van der Waals surface area contributed by atoms with Gasteiger partial charge in [0.2, 0.25) is 5.91 Å². The van der Waals surface area contributed by atoms with Crippen LogP contribution in [0.2, 0.25) is 0 Å². The summed E-state index contributed by atoms with van der Waals surface area (Å²) in [6.45, 7) is 5.97. The molecule has 2 unspecified atom stereocenters. The van der Waals surface area contributed by atoms with E-state index >= 15 is 0 Å². The standard InChI is InChI=1S/C24H28N4O2S/c1-4-17(3)25-22(29)20(14-18-10-6-5-7-11-18)27-23(30)21-15-31-24(28-21)26-19-12-8-9-16(2)13-19/h5-13,15,17,20H,4,14H2,1-3H3,(H,25,29)(H,26,28)(H,27,30). The molecule has 6 nitrogen and oxygen atoms in total. The molecular weight excluding hydrogens is 408 g/mol. The molecule has 0 saturated carbocycles. The van der Waals surface area contributed by atoms with Crippen LogP contribution in [-0.4, -0.2) is 28.9 Å². The number of thiazole rings is 1. The number of rotatable bonds is 9. The van der Waals surface area contributed by atoms with Crippen molar-refractivity contribution in [1.29, 1.82) is 0 Å². The molecule has 0 aliphatic rings. The smallest absolute Gasteiger partial charge is 0.271 e. The maximum atomic E-state index is 12.9. The molecule has 0 bridgehead atoms. The Morgan fingerprint density at radius 1 is 1.06 bits per heavy atom. The maximum absolute atomic E-state index is 12.9. The van der Waals surface area contributed by atoms with Gasteiger partial charge in [0, 0.05) is 23.5 Å². The van der Waals surface area contributed by atoms with E-state index < -0.39 is 6.04 Å². The van der Waals surface area contributed by atoms with Crippen molar-refractivity contribution in [3.8, 4) is 0 Å². The van der Waals surface area contributed by atoms with Crippen LogP contribution >= 0.6 is 11.3 Å². The quantitative estimate of drug-likeness (QED) is 0.463. The molecule has 3 rings (SSSR count). The van der Waals surface area contributed by atoms with Crippen molar-refractivity contribution in [1.82, 2.24) is 15.6 Å². The molecule has 2 atom stereocenters. The zero-order valence-corrected chi connectivity index (χ0v) is 18.8. The van der Waals surface area contributed by atoms with Gasteiger partial charge in [0.15, 0.2) is 5.13 Å². The van der Waals surface area contributed by atoms with Gasteiger partial charge in [0.25, 0.3) is 5.91 Å². The normalized spacial score (nSPS) is 12.6. The van der Waals surface area contributed by atoms with E-state index in [1.165, 1.54) is 11.3 Å². The zero-order valence-electron chi connectivity index (χ0n) is 18.0. The molecular formula is C24H28N4O2S. The van der Waals surface area contributed by atoms with E-state index in [1.807, 2.05) is 75.4 Å². The highest BCUT2D eigenvalue weighted by Gasteiger charge is 2.24. The summed E-state index contributed by atoms with van der Waals surface area (Å²) < 4.78 is 0. The molecule has 0 radical (unpaired) electrons. The monoisotopic (exact) mass is 436 g/mol. The molecule has 0 saturated heterocycles. The third-order valence-electron chi connectivity index (χ3n) is 4.91. The van der Waals surface area contributed by atoms with Crippen molar-refractivity contribution in [2.75, 3.05) is 5.32 Å². The predicted octanol–water partition coefficient (Wildman–Crippen LogP) is 4.45. The predicted molar refractivity (Wildman–Crippen MR) is 126 cm³/mol. The summed E-state index contributed by atoms with van der Waals surface area (Å²) in [6.07, 6.45) is 1.23. The fourth-order valence-electron chi connectivity index (χ4n) is 3.02. The van der Waals surface area contributed by atoms with Gasteiger partial charge in [-0.05, 0) is 43.5 Å². The van der Waals surface area contributed by atoms with Crippen molar-refractivity contribution in [3.05, 3.63) is 76.8 Å². The number of aryl methyl sites for hydroxylation is 1. The first-order valence-electron chi connectivity index (χ1n) is 10.4. The van der Waals surface area contributed by atoms with E-state index in [1.54, 1.807) is 5.38 Å². The highest BCUT2D eigenvalue weighted by molar-refractivity contribution is 7.14. The van der Waals surface area contributed by atoms with Crippen LogP contribution in [0.5, 0.6) is 0 Å². The number of carbonyl (C=O) groups excluding carboxylic acids is 2. The second-order valence-electron chi connectivity index (χ2n) is 7.57. The van der Waals surface area contributed by atoms with Gasteiger partial charge in [0.1, 0.15) is 11.7 Å². The van der Waals surface area contributed by atoms with Gasteiger partial charge in [-0.1, -0.05) is 49.4 Å². The van der Waals surface area contributed by atoms with Crippen molar-refractivity contribution in [3.63, 3.8) is 0 Å². The van der Waals surface area contributed by atoms with Crippen LogP contribution in [0.25, 0.3) is 0 Å². The van der Waals surface area contributed by atoms with Gasteiger partial charge in [-0.2, -0.15) is 0 Å². The largest absolute Gasteiger partial charge is 0.352 e. The fourth-order valence-corrected chi connectivity index (χ4v) is 3.73. The van der Waals surface area contributed by atoms with Gasteiger partial charge in [0.05, 0.1) is 0 Å². The highest BCUT2D eigenvalue weighted by Crippen LogP contribution is 2.21. The number of nitrogens with zero attached hydrogens (tertiary/aromatic N) is 1. The lowest BCUT2D eigenvalue weighted by atomic mass is 10.0. The Kier molecular flexibility index (Phi) is 7.78. The second-order valence-corrected chi connectivity index (χ2v) is 8.42. The van der Waals surface area contributed by atoms with Crippen LogP contribution < -0.4 is 16.0 Å². The van der Waals surface area contributed by atoms with Gasteiger partial charge in [-0.15, -0.1) is 11.3 Å². The Bertz CT molecular complexity index is 1020. The zero-order chi connectivity index (χ0) is 22.2. The lowest BCUT2D eigenvalue weighted by molar-refractivity contribution is -0.123.